The monoisotopic (exact) mass is 418 g/mol. The zero-order valence-corrected chi connectivity index (χ0v) is 18.5. The zero-order valence-electron chi connectivity index (χ0n) is 16.9. The second-order valence-electron chi connectivity index (χ2n) is 7.72. The zero-order chi connectivity index (χ0) is 21.4. The second kappa shape index (κ2) is 7.74. The minimum atomic E-state index is -4.12. The largest absolute Gasteiger partial charge is 0.296 e. The molecule has 0 aromatic heterocycles. The lowest BCUT2D eigenvalue weighted by Gasteiger charge is -2.40. The molecular weight excluding hydrogens is 396 g/mol. The Bertz CT molecular complexity index is 960. The molecule has 0 saturated heterocycles. The van der Waals surface area contributed by atoms with E-state index in [1.807, 2.05) is 13.8 Å². The summed E-state index contributed by atoms with van der Waals surface area (Å²) in [7, 11) is -2.33. The standard InChI is InChI=1S/C16H22B4O6S2/c1-11-3-7-13(8-4-11)27(21,22)25-15(17,18)16(19,20)26-28(23,24)14-9-5-12(2)6-10-14/h3-10H,17-20H2,1-2H3. The quantitative estimate of drug-likeness (QED) is 0.392. The van der Waals surface area contributed by atoms with Crippen LogP contribution in [0.5, 0.6) is 0 Å². The van der Waals surface area contributed by atoms with E-state index in [-0.39, 0.29) is 9.79 Å². The maximum absolute atomic E-state index is 12.7. The van der Waals surface area contributed by atoms with Crippen LogP contribution in [0.4, 0.5) is 0 Å². The fourth-order valence-corrected chi connectivity index (χ4v) is 4.89. The molecule has 12 heteroatoms. The first kappa shape index (κ1) is 22.8. The molecule has 0 bridgehead atoms. The predicted octanol–water partition coefficient (Wildman–Crippen LogP) is -1.75. The minimum absolute atomic E-state index is 0.0108. The summed E-state index contributed by atoms with van der Waals surface area (Å²) >= 11 is 0. The van der Waals surface area contributed by atoms with Crippen LogP contribution in [-0.4, -0.2) is 59.0 Å². The summed E-state index contributed by atoms with van der Waals surface area (Å²) in [5.41, 5.74) is 1.82. The molecular formula is C16H22B4O6S2. The molecule has 0 saturated carbocycles. The van der Waals surface area contributed by atoms with E-state index in [9.17, 15) is 16.8 Å². The molecule has 0 N–H and O–H groups in total. The SMILES string of the molecule is BC(B)(OS(=O)(=O)c1ccc(C)cc1)C(B)(B)OS(=O)(=O)c1ccc(C)cc1. The van der Waals surface area contributed by atoms with Crippen molar-refractivity contribution in [3.63, 3.8) is 0 Å². The Morgan fingerprint density at radius 1 is 0.607 bits per heavy atom. The van der Waals surface area contributed by atoms with Crippen molar-refractivity contribution in [2.75, 3.05) is 0 Å². The first-order chi connectivity index (χ1) is 12.7. The number of aryl methyl sites for hydroxylation is 2. The van der Waals surface area contributed by atoms with Gasteiger partial charge in [0.25, 0.3) is 20.2 Å². The van der Waals surface area contributed by atoms with Gasteiger partial charge in [-0.15, -0.1) is 0 Å². The van der Waals surface area contributed by atoms with Crippen LogP contribution in [0.1, 0.15) is 11.1 Å². The van der Waals surface area contributed by atoms with Crippen molar-refractivity contribution >= 4 is 51.6 Å². The Morgan fingerprint density at radius 2 is 0.857 bits per heavy atom. The van der Waals surface area contributed by atoms with Gasteiger partial charge in [0.2, 0.25) is 0 Å². The van der Waals surface area contributed by atoms with Crippen LogP contribution < -0.4 is 0 Å². The lowest BCUT2D eigenvalue weighted by Crippen LogP contribution is -2.61. The van der Waals surface area contributed by atoms with Crippen molar-refractivity contribution in [3.8, 4) is 0 Å². The summed E-state index contributed by atoms with van der Waals surface area (Å²) in [6.45, 7) is 3.68. The van der Waals surface area contributed by atoms with Crippen LogP contribution in [0.25, 0.3) is 0 Å². The molecule has 0 spiro atoms. The van der Waals surface area contributed by atoms with E-state index in [4.69, 9.17) is 8.37 Å². The molecule has 28 heavy (non-hydrogen) atoms. The molecule has 2 aromatic carbocycles. The van der Waals surface area contributed by atoms with E-state index in [1.54, 1.807) is 24.3 Å². The van der Waals surface area contributed by atoms with Crippen molar-refractivity contribution in [2.45, 2.75) is 34.4 Å². The van der Waals surface area contributed by atoms with Gasteiger partial charge in [0, 0.05) is 10.8 Å². The van der Waals surface area contributed by atoms with E-state index >= 15 is 0 Å². The van der Waals surface area contributed by atoms with Crippen molar-refractivity contribution < 1.29 is 25.2 Å². The lowest BCUT2D eigenvalue weighted by molar-refractivity contribution is 0.109. The average Bonchev–Trinajstić information content (AvgIpc) is 2.53. The van der Waals surface area contributed by atoms with Crippen molar-refractivity contribution in [3.05, 3.63) is 59.7 Å². The third kappa shape index (κ3) is 5.11. The summed E-state index contributed by atoms with van der Waals surface area (Å²) in [5, 5.41) is -2.96. The molecule has 0 radical (unpaired) electrons. The van der Waals surface area contributed by atoms with E-state index in [0.717, 1.165) is 11.1 Å². The van der Waals surface area contributed by atoms with Crippen LogP contribution in [0, 0.1) is 13.8 Å². The van der Waals surface area contributed by atoms with Gasteiger partial charge >= 0.3 is 0 Å². The summed E-state index contributed by atoms with van der Waals surface area (Å²) in [6, 6.07) is 12.4. The molecule has 0 atom stereocenters. The van der Waals surface area contributed by atoms with Crippen molar-refractivity contribution in [1.82, 2.24) is 0 Å². The summed E-state index contributed by atoms with van der Waals surface area (Å²) in [4.78, 5) is -0.0215. The number of hydrogen-bond acceptors (Lipinski definition) is 6. The third-order valence-electron chi connectivity index (χ3n) is 4.71. The first-order valence-electron chi connectivity index (χ1n) is 8.71. The van der Waals surface area contributed by atoms with Crippen LogP contribution in [0.3, 0.4) is 0 Å². The van der Waals surface area contributed by atoms with Gasteiger partial charge in [-0.1, -0.05) is 35.4 Å². The lowest BCUT2D eigenvalue weighted by atomic mass is 9.42. The molecule has 2 rings (SSSR count). The summed E-state index contributed by atoms with van der Waals surface area (Å²) in [6.07, 6.45) is 0. The van der Waals surface area contributed by atoms with E-state index in [1.165, 1.54) is 55.7 Å². The van der Waals surface area contributed by atoms with E-state index in [2.05, 4.69) is 0 Å². The van der Waals surface area contributed by atoms with Gasteiger partial charge in [-0.05, 0) is 38.1 Å². The van der Waals surface area contributed by atoms with E-state index in [0.29, 0.717) is 0 Å². The highest BCUT2D eigenvalue weighted by Crippen LogP contribution is 2.28. The Morgan fingerprint density at radius 3 is 1.11 bits per heavy atom. The highest BCUT2D eigenvalue weighted by atomic mass is 32.2. The van der Waals surface area contributed by atoms with Gasteiger partial charge in [0.15, 0.2) is 0 Å². The first-order valence-corrected chi connectivity index (χ1v) is 11.5. The summed E-state index contributed by atoms with van der Waals surface area (Å²) in [5.74, 6) is 0. The normalized spacial score (nSPS) is 13.4. The molecule has 0 aliphatic heterocycles. The Labute approximate surface area is 170 Å². The molecule has 0 fully saturated rings. The fourth-order valence-electron chi connectivity index (χ4n) is 2.26. The third-order valence-corrected chi connectivity index (χ3v) is 7.68. The average molecular weight is 418 g/mol. The number of hydrogen-bond donors (Lipinski definition) is 0. The highest BCUT2D eigenvalue weighted by molar-refractivity contribution is 7.87. The van der Waals surface area contributed by atoms with Gasteiger partial charge in [-0.3, -0.25) is 8.37 Å². The van der Waals surface area contributed by atoms with Gasteiger partial charge in [0.05, 0.1) is 9.79 Å². The Hall–Kier alpha value is -1.48. The number of benzene rings is 2. The highest BCUT2D eigenvalue weighted by Gasteiger charge is 2.45. The molecule has 0 unspecified atom stereocenters. The Balaban J connectivity index is 2.29. The van der Waals surface area contributed by atoms with Crippen LogP contribution >= 0.6 is 0 Å². The van der Waals surface area contributed by atoms with Crippen LogP contribution in [0.15, 0.2) is 58.3 Å². The Kier molecular flexibility index (Phi) is 6.30. The molecule has 0 amide bonds. The maximum Gasteiger partial charge on any atom is 0.296 e. The van der Waals surface area contributed by atoms with Crippen molar-refractivity contribution in [2.24, 2.45) is 0 Å². The minimum Gasteiger partial charge on any atom is -0.277 e. The molecule has 0 aliphatic carbocycles. The fraction of sp³-hybridized carbons (Fsp3) is 0.250. The molecule has 6 nitrogen and oxygen atoms in total. The molecule has 0 aliphatic rings. The van der Waals surface area contributed by atoms with Gasteiger partial charge in [0.1, 0.15) is 31.4 Å². The number of rotatable bonds is 7. The smallest absolute Gasteiger partial charge is 0.277 e. The van der Waals surface area contributed by atoms with Crippen LogP contribution in [-0.2, 0) is 28.6 Å². The molecule has 0 heterocycles. The maximum atomic E-state index is 12.7. The van der Waals surface area contributed by atoms with Crippen LogP contribution in [0.2, 0.25) is 0 Å². The van der Waals surface area contributed by atoms with Gasteiger partial charge in [-0.2, -0.15) is 16.8 Å². The second-order valence-corrected chi connectivity index (χ2v) is 10.8. The van der Waals surface area contributed by atoms with Gasteiger partial charge in [-0.25, -0.2) is 0 Å². The topological polar surface area (TPSA) is 86.7 Å². The molecule has 2 aromatic rings. The summed E-state index contributed by atoms with van der Waals surface area (Å²) < 4.78 is 61.4. The molecule has 146 valence electrons. The predicted molar refractivity (Wildman–Crippen MR) is 119 cm³/mol. The van der Waals surface area contributed by atoms with E-state index < -0.39 is 31.0 Å². The van der Waals surface area contributed by atoms with Gasteiger partial charge < -0.3 is 0 Å². The van der Waals surface area contributed by atoms with Crippen molar-refractivity contribution in [1.29, 1.82) is 0 Å².